The fraction of sp³-hybridized carbons (Fsp3) is 0.308. The van der Waals surface area contributed by atoms with Gasteiger partial charge in [0.15, 0.2) is 5.01 Å². The molecule has 0 amide bonds. The molecule has 0 atom stereocenters. The molecule has 0 radical (unpaired) electrons. The van der Waals surface area contributed by atoms with Gasteiger partial charge in [-0.05, 0) is 30.7 Å². The normalized spacial score (nSPS) is 10.4. The quantitative estimate of drug-likeness (QED) is 0.890. The van der Waals surface area contributed by atoms with Crippen LogP contribution in [0.4, 0.5) is 0 Å². The highest BCUT2D eigenvalue weighted by Gasteiger charge is 2.07. The number of carbonyl (C=O) groups excluding carboxylic acids is 1. The molecule has 2 N–H and O–H groups in total. The maximum atomic E-state index is 11.6. The molecule has 0 saturated heterocycles. The lowest BCUT2D eigenvalue weighted by molar-refractivity contribution is -0.118. The minimum absolute atomic E-state index is 0.199. The van der Waals surface area contributed by atoms with Crippen LogP contribution in [-0.4, -0.2) is 17.3 Å². The zero-order valence-electron chi connectivity index (χ0n) is 9.85. The Kier molecular flexibility index (Phi) is 4.03. The van der Waals surface area contributed by atoms with Crippen molar-refractivity contribution in [2.24, 2.45) is 5.73 Å². The summed E-state index contributed by atoms with van der Waals surface area (Å²) >= 11 is 1.35. The number of hydrogen-bond acceptors (Lipinski definition) is 5. The van der Waals surface area contributed by atoms with Gasteiger partial charge in [0.1, 0.15) is 11.9 Å². The molecule has 0 saturated carbocycles. The molecular weight excluding hydrogens is 246 g/mol. The number of ketones is 1. The third-order valence-electron chi connectivity index (χ3n) is 2.61. The number of nitrogens with zero attached hydrogens (tertiary/aromatic N) is 2. The molecule has 1 heterocycles. The molecule has 0 aliphatic heterocycles. The van der Waals surface area contributed by atoms with E-state index in [1.807, 2.05) is 24.3 Å². The fourth-order valence-corrected chi connectivity index (χ4v) is 2.57. The van der Waals surface area contributed by atoms with Crippen LogP contribution in [0.15, 0.2) is 18.2 Å². The maximum Gasteiger partial charge on any atom is 0.195 e. The Balaban J connectivity index is 2.15. The van der Waals surface area contributed by atoms with Crippen LogP contribution < -0.4 is 5.73 Å². The standard InChI is InChI=1S/C13H13N3OS/c14-5-1-2-10(17)6-9-3-4-11-12(7-9)18-13(8-15)16-11/h3-4,7H,1-2,5-6,14H2. The van der Waals surface area contributed by atoms with Crippen LogP contribution in [0.3, 0.4) is 0 Å². The first-order valence-corrected chi connectivity index (χ1v) is 6.56. The Labute approximate surface area is 109 Å². The Hall–Kier alpha value is -1.77. The number of hydrogen-bond donors (Lipinski definition) is 1. The van der Waals surface area contributed by atoms with Crippen molar-refractivity contribution in [1.82, 2.24) is 4.98 Å². The van der Waals surface area contributed by atoms with Crippen LogP contribution >= 0.6 is 11.3 Å². The average Bonchev–Trinajstić information content (AvgIpc) is 2.78. The van der Waals surface area contributed by atoms with Crippen molar-refractivity contribution in [1.29, 1.82) is 5.26 Å². The zero-order valence-corrected chi connectivity index (χ0v) is 10.7. The van der Waals surface area contributed by atoms with E-state index in [2.05, 4.69) is 4.98 Å². The highest BCUT2D eigenvalue weighted by molar-refractivity contribution is 7.19. The maximum absolute atomic E-state index is 11.6. The number of rotatable bonds is 5. The Bertz CT molecular complexity index is 612. The van der Waals surface area contributed by atoms with Gasteiger partial charge in [0.25, 0.3) is 0 Å². The fourth-order valence-electron chi connectivity index (χ4n) is 1.74. The number of benzene rings is 1. The van der Waals surface area contributed by atoms with Crippen molar-refractivity contribution in [3.05, 3.63) is 28.8 Å². The summed E-state index contributed by atoms with van der Waals surface area (Å²) in [6.07, 6.45) is 1.69. The zero-order chi connectivity index (χ0) is 13.0. The molecule has 92 valence electrons. The van der Waals surface area contributed by atoms with E-state index in [1.165, 1.54) is 11.3 Å². The second kappa shape index (κ2) is 5.71. The third kappa shape index (κ3) is 2.92. The molecule has 0 spiro atoms. The third-order valence-corrected chi connectivity index (χ3v) is 3.53. The van der Waals surface area contributed by atoms with Crippen molar-refractivity contribution < 1.29 is 4.79 Å². The lowest BCUT2D eigenvalue weighted by atomic mass is 10.1. The van der Waals surface area contributed by atoms with Gasteiger partial charge in [0, 0.05) is 12.8 Å². The SMILES string of the molecule is N#Cc1nc2ccc(CC(=O)CCCN)cc2s1. The summed E-state index contributed by atoms with van der Waals surface area (Å²) in [4.78, 5) is 15.8. The van der Waals surface area contributed by atoms with Crippen LogP contribution in [0.2, 0.25) is 0 Å². The van der Waals surface area contributed by atoms with Gasteiger partial charge in [-0.25, -0.2) is 4.98 Å². The predicted molar refractivity (Wildman–Crippen MR) is 71.3 cm³/mol. The minimum atomic E-state index is 0.199. The van der Waals surface area contributed by atoms with Crippen molar-refractivity contribution in [2.45, 2.75) is 19.3 Å². The minimum Gasteiger partial charge on any atom is -0.330 e. The van der Waals surface area contributed by atoms with Crippen LogP contribution in [-0.2, 0) is 11.2 Å². The van der Waals surface area contributed by atoms with Gasteiger partial charge < -0.3 is 5.73 Å². The molecule has 2 aromatic rings. The second-order valence-electron chi connectivity index (χ2n) is 4.04. The van der Waals surface area contributed by atoms with Gasteiger partial charge in [-0.1, -0.05) is 6.07 Å². The lowest BCUT2D eigenvalue weighted by Crippen LogP contribution is -2.06. The van der Waals surface area contributed by atoms with Gasteiger partial charge in [0.2, 0.25) is 0 Å². The van der Waals surface area contributed by atoms with Gasteiger partial charge >= 0.3 is 0 Å². The molecule has 0 unspecified atom stereocenters. The summed E-state index contributed by atoms with van der Waals surface area (Å²) < 4.78 is 0.954. The van der Waals surface area contributed by atoms with E-state index in [4.69, 9.17) is 11.0 Å². The second-order valence-corrected chi connectivity index (χ2v) is 5.07. The highest BCUT2D eigenvalue weighted by atomic mass is 32.1. The molecular formula is C13H13N3OS. The first kappa shape index (κ1) is 12.7. The Morgan fingerprint density at radius 1 is 1.50 bits per heavy atom. The molecule has 0 aliphatic carbocycles. The van der Waals surface area contributed by atoms with Crippen molar-refractivity contribution in [2.75, 3.05) is 6.54 Å². The van der Waals surface area contributed by atoms with E-state index in [0.29, 0.717) is 24.4 Å². The van der Waals surface area contributed by atoms with Crippen LogP contribution in [0.1, 0.15) is 23.4 Å². The van der Waals surface area contributed by atoms with Crippen LogP contribution in [0.25, 0.3) is 10.2 Å². The molecule has 1 aromatic heterocycles. The predicted octanol–water partition coefficient (Wildman–Crippen LogP) is 2.02. The molecule has 0 bridgehead atoms. The largest absolute Gasteiger partial charge is 0.330 e. The number of carbonyl (C=O) groups is 1. The van der Waals surface area contributed by atoms with E-state index in [1.54, 1.807) is 0 Å². The monoisotopic (exact) mass is 259 g/mol. The van der Waals surface area contributed by atoms with E-state index < -0.39 is 0 Å². The first-order chi connectivity index (χ1) is 8.72. The summed E-state index contributed by atoms with van der Waals surface area (Å²) in [5.74, 6) is 0.199. The highest BCUT2D eigenvalue weighted by Crippen LogP contribution is 2.23. The summed E-state index contributed by atoms with van der Waals surface area (Å²) in [6.45, 7) is 0.547. The van der Waals surface area contributed by atoms with E-state index in [0.717, 1.165) is 22.2 Å². The molecule has 2 rings (SSSR count). The van der Waals surface area contributed by atoms with Gasteiger partial charge in [-0.15, -0.1) is 11.3 Å². The Morgan fingerprint density at radius 2 is 2.33 bits per heavy atom. The van der Waals surface area contributed by atoms with E-state index >= 15 is 0 Å². The summed E-state index contributed by atoms with van der Waals surface area (Å²) in [5.41, 5.74) is 7.16. The van der Waals surface area contributed by atoms with E-state index in [-0.39, 0.29) is 5.78 Å². The lowest BCUT2D eigenvalue weighted by Gasteiger charge is -2.00. The Morgan fingerprint density at radius 3 is 3.06 bits per heavy atom. The van der Waals surface area contributed by atoms with Crippen molar-refractivity contribution in [3.63, 3.8) is 0 Å². The number of nitriles is 1. The summed E-state index contributed by atoms with van der Waals surface area (Å²) in [5, 5.41) is 9.24. The first-order valence-electron chi connectivity index (χ1n) is 5.74. The summed E-state index contributed by atoms with van der Waals surface area (Å²) in [7, 11) is 0. The van der Waals surface area contributed by atoms with Crippen LogP contribution in [0.5, 0.6) is 0 Å². The molecule has 0 fully saturated rings. The number of nitrogens with two attached hydrogens (primary N) is 1. The number of Topliss-reactive ketones (excluding diaryl/α,β-unsaturated/α-hetero) is 1. The topological polar surface area (TPSA) is 79.8 Å². The van der Waals surface area contributed by atoms with E-state index in [9.17, 15) is 4.79 Å². The van der Waals surface area contributed by atoms with Crippen molar-refractivity contribution in [3.8, 4) is 6.07 Å². The number of thiazole rings is 1. The van der Waals surface area contributed by atoms with Crippen molar-refractivity contribution >= 4 is 27.3 Å². The van der Waals surface area contributed by atoms with Gasteiger partial charge in [-0.2, -0.15) is 5.26 Å². The van der Waals surface area contributed by atoms with Crippen LogP contribution in [0, 0.1) is 11.3 Å². The molecule has 18 heavy (non-hydrogen) atoms. The smallest absolute Gasteiger partial charge is 0.195 e. The molecule has 5 heteroatoms. The summed E-state index contributed by atoms with van der Waals surface area (Å²) in [6, 6.07) is 7.72. The molecule has 0 aliphatic rings. The van der Waals surface area contributed by atoms with Gasteiger partial charge in [0.05, 0.1) is 10.2 Å². The van der Waals surface area contributed by atoms with Gasteiger partial charge in [-0.3, -0.25) is 4.79 Å². The average molecular weight is 259 g/mol. The number of aromatic nitrogens is 1. The molecule has 1 aromatic carbocycles. The number of fused-ring (bicyclic) bond motifs is 1. The molecule has 4 nitrogen and oxygen atoms in total.